The number of imidazole rings is 1. The van der Waals surface area contributed by atoms with Crippen molar-refractivity contribution in [1.29, 1.82) is 5.26 Å². The van der Waals surface area contributed by atoms with Gasteiger partial charge in [-0.1, -0.05) is 25.5 Å². The number of carbonyl (C=O) groups excluding carboxylic acids is 1. The van der Waals surface area contributed by atoms with E-state index in [9.17, 15) is 24.2 Å². The largest absolute Gasteiger partial charge is 0.319 e. The SMILES string of the molecule is N#Cc1cc(C(=O)Nc2cccc(-n3ccn4nc(-c5cccnc5)cc34)c2F)cc(S(F)(F)(F)(F)F)c1. The van der Waals surface area contributed by atoms with Gasteiger partial charge in [0.25, 0.3) is 5.91 Å². The molecule has 14 heteroatoms. The standard InChI is InChI=1S/C24H14F6N6OS/c25-23-19(33-24(37)17-9-15(13-31)10-18(11-17)38(26,27,28,29)30)4-1-5-21(23)35-7-8-36-22(35)12-20(34-36)16-3-2-6-32-14-16/h1-12,14H,(H,33,37). The van der Waals surface area contributed by atoms with Crippen LogP contribution in [0.5, 0.6) is 0 Å². The number of anilines is 1. The maximum Gasteiger partial charge on any atom is 0.310 e. The van der Waals surface area contributed by atoms with Crippen molar-refractivity contribution in [2.45, 2.75) is 4.90 Å². The number of nitrogens with one attached hydrogen (secondary N) is 1. The molecular formula is C24H14F6N6OS. The van der Waals surface area contributed by atoms with Crippen molar-refractivity contribution in [2.24, 2.45) is 0 Å². The molecule has 0 radical (unpaired) electrons. The number of halogens is 6. The minimum absolute atomic E-state index is 0.0334. The number of amides is 1. The molecule has 194 valence electrons. The van der Waals surface area contributed by atoms with Gasteiger partial charge < -0.3 is 5.32 Å². The maximum absolute atomic E-state index is 15.5. The summed E-state index contributed by atoms with van der Waals surface area (Å²) in [6.07, 6.45) is 6.28. The van der Waals surface area contributed by atoms with E-state index >= 15 is 4.39 Å². The van der Waals surface area contributed by atoms with Crippen molar-refractivity contribution in [3.63, 3.8) is 0 Å². The third-order valence-electron chi connectivity index (χ3n) is 5.51. The lowest BCUT2D eigenvalue weighted by atomic mass is 10.1. The van der Waals surface area contributed by atoms with Crippen molar-refractivity contribution >= 4 is 27.5 Å². The number of aromatic nitrogens is 4. The van der Waals surface area contributed by atoms with E-state index in [-0.39, 0.29) is 17.8 Å². The third kappa shape index (κ3) is 4.66. The fourth-order valence-corrected chi connectivity index (χ4v) is 4.45. The Kier molecular flexibility index (Phi) is 5.15. The van der Waals surface area contributed by atoms with E-state index in [1.165, 1.54) is 33.5 Å². The van der Waals surface area contributed by atoms with Crippen LogP contribution in [0.25, 0.3) is 22.6 Å². The number of carbonyl (C=O) groups is 1. The van der Waals surface area contributed by atoms with E-state index in [4.69, 9.17) is 5.26 Å². The molecule has 1 N–H and O–H groups in total. The second-order valence-corrected chi connectivity index (χ2v) is 10.6. The fourth-order valence-electron chi connectivity index (χ4n) is 3.75. The molecule has 0 saturated carbocycles. The minimum atomic E-state index is -10.2. The summed E-state index contributed by atoms with van der Waals surface area (Å²) in [5.41, 5.74) is -0.434. The Morgan fingerprint density at radius 3 is 2.47 bits per heavy atom. The Balaban J connectivity index is 1.51. The normalized spacial score (nSPS) is 13.5. The van der Waals surface area contributed by atoms with Crippen molar-refractivity contribution < 1.29 is 28.6 Å². The first kappa shape index (κ1) is 24.9. The number of hydrogen-bond acceptors (Lipinski definition) is 4. The van der Waals surface area contributed by atoms with Crippen molar-refractivity contribution in [2.75, 3.05) is 5.32 Å². The third-order valence-corrected chi connectivity index (χ3v) is 6.63. The van der Waals surface area contributed by atoms with Gasteiger partial charge in [-0.05, 0) is 42.5 Å². The molecule has 0 aliphatic carbocycles. The summed E-state index contributed by atoms with van der Waals surface area (Å²) in [6.45, 7) is 0. The summed E-state index contributed by atoms with van der Waals surface area (Å²) in [6, 6.07) is 11.0. The Bertz CT molecular complexity index is 1780. The average molecular weight is 548 g/mol. The van der Waals surface area contributed by atoms with Crippen LogP contribution in [0.3, 0.4) is 0 Å². The Hall–Kier alpha value is -4.77. The molecule has 5 aromatic rings. The number of benzene rings is 2. The lowest BCUT2D eigenvalue weighted by molar-refractivity contribution is 0.102. The molecule has 0 unspecified atom stereocenters. The molecule has 0 fully saturated rings. The predicted molar refractivity (Wildman–Crippen MR) is 128 cm³/mol. The molecular weight excluding hydrogens is 534 g/mol. The zero-order valence-corrected chi connectivity index (χ0v) is 19.6. The molecule has 2 aromatic carbocycles. The van der Waals surface area contributed by atoms with Crippen LogP contribution in [-0.4, -0.2) is 25.1 Å². The summed E-state index contributed by atoms with van der Waals surface area (Å²) in [5, 5.41) is 15.5. The number of fused-ring (bicyclic) bond motifs is 1. The summed E-state index contributed by atoms with van der Waals surface area (Å²) in [7, 11) is -10.2. The molecule has 3 aromatic heterocycles. The van der Waals surface area contributed by atoms with Crippen molar-refractivity contribution in [1.82, 2.24) is 19.2 Å². The highest BCUT2D eigenvalue weighted by molar-refractivity contribution is 8.45. The van der Waals surface area contributed by atoms with Gasteiger partial charge in [0.1, 0.15) is 10.5 Å². The van der Waals surface area contributed by atoms with E-state index in [1.54, 1.807) is 36.8 Å². The minimum Gasteiger partial charge on any atom is -0.319 e. The molecule has 0 spiro atoms. The van der Waals surface area contributed by atoms with E-state index in [0.717, 1.165) is 11.6 Å². The first-order valence-electron chi connectivity index (χ1n) is 10.6. The van der Waals surface area contributed by atoms with Gasteiger partial charge in [0.05, 0.1) is 28.7 Å². The van der Waals surface area contributed by atoms with Crippen LogP contribution in [-0.2, 0) is 0 Å². The summed E-state index contributed by atoms with van der Waals surface area (Å²) < 4.78 is 85.1. The highest BCUT2D eigenvalue weighted by Crippen LogP contribution is 3.02. The topological polar surface area (TPSA) is 88.0 Å². The van der Waals surface area contributed by atoms with E-state index in [2.05, 4.69) is 15.4 Å². The van der Waals surface area contributed by atoms with Crippen LogP contribution in [0.2, 0.25) is 0 Å². The van der Waals surface area contributed by atoms with Gasteiger partial charge >= 0.3 is 10.2 Å². The predicted octanol–water partition coefficient (Wildman–Crippen LogP) is 7.11. The molecule has 0 bridgehead atoms. The van der Waals surface area contributed by atoms with Crippen LogP contribution < -0.4 is 5.32 Å². The summed E-state index contributed by atoms with van der Waals surface area (Å²) in [4.78, 5) is 14.3. The zero-order chi connectivity index (χ0) is 27.4. The van der Waals surface area contributed by atoms with Crippen molar-refractivity contribution in [3.05, 3.63) is 96.3 Å². The number of nitrogens with zero attached hydrogens (tertiary/aromatic N) is 5. The van der Waals surface area contributed by atoms with Gasteiger partial charge in [-0.25, -0.2) is 8.91 Å². The Labute approximate surface area is 210 Å². The van der Waals surface area contributed by atoms with Crippen LogP contribution >= 0.6 is 10.2 Å². The molecule has 0 aliphatic heterocycles. The maximum atomic E-state index is 15.5. The molecule has 1 amide bonds. The molecule has 0 aliphatic rings. The molecule has 38 heavy (non-hydrogen) atoms. The monoisotopic (exact) mass is 548 g/mol. The molecule has 0 atom stereocenters. The van der Waals surface area contributed by atoms with Crippen LogP contribution in [0, 0.1) is 17.1 Å². The first-order valence-corrected chi connectivity index (χ1v) is 12.6. The zero-order valence-electron chi connectivity index (χ0n) is 18.8. The highest BCUT2D eigenvalue weighted by Gasteiger charge is 2.65. The van der Waals surface area contributed by atoms with Gasteiger partial charge in [-0.15, -0.1) is 0 Å². The smallest absolute Gasteiger partial charge is 0.310 e. The number of pyridine rings is 1. The van der Waals surface area contributed by atoms with Gasteiger partial charge in [-0.3, -0.25) is 14.3 Å². The molecule has 5 rings (SSSR count). The summed E-state index contributed by atoms with van der Waals surface area (Å²) >= 11 is 0. The van der Waals surface area contributed by atoms with Gasteiger partial charge in [0.2, 0.25) is 0 Å². The second kappa shape index (κ2) is 7.86. The average Bonchev–Trinajstić information content (AvgIpc) is 3.45. The number of rotatable bonds is 5. The van der Waals surface area contributed by atoms with Gasteiger partial charge in [0.15, 0.2) is 5.82 Å². The van der Waals surface area contributed by atoms with E-state index < -0.39 is 43.7 Å². The molecule has 0 saturated heterocycles. The quantitative estimate of drug-likeness (QED) is 0.237. The molecule has 3 heterocycles. The lowest BCUT2D eigenvalue weighted by Gasteiger charge is -2.40. The Morgan fingerprint density at radius 2 is 1.79 bits per heavy atom. The van der Waals surface area contributed by atoms with Crippen molar-refractivity contribution in [3.8, 4) is 23.0 Å². The van der Waals surface area contributed by atoms with E-state index in [0.29, 0.717) is 17.4 Å². The highest BCUT2D eigenvalue weighted by atomic mass is 32.5. The van der Waals surface area contributed by atoms with Crippen LogP contribution in [0.4, 0.5) is 29.5 Å². The molecule has 7 nitrogen and oxygen atoms in total. The first-order chi connectivity index (χ1) is 17.7. The van der Waals surface area contributed by atoms with E-state index in [1.807, 2.05) is 0 Å². The Morgan fingerprint density at radius 1 is 1.00 bits per heavy atom. The van der Waals surface area contributed by atoms with Crippen LogP contribution in [0.1, 0.15) is 15.9 Å². The second-order valence-electron chi connectivity index (χ2n) is 8.16. The summed E-state index contributed by atoms with van der Waals surface area (Å²) in [5.74, 6) is -2.27. The number of nitriles is 1. The van der Waals surface area contributed by atoms with Crippen LogP contribution in [0.15, 0.2) is 84.3 Å². The number of hydrogen-bond donors (Lipinski definition) is 1. The lowest BCUT2D eigenvalue weighted by Crippen LogP contribution is -2.16. The van der Waals surface area contributed by atoms with Gasteiger partial charge in [-0.2, -0.15) is 10.4 Å². The fraction of sp³-hybridized carbons (Fsp3) is 0. The van der Waals surface area contributed by atoms with Gasteiger partial charge in [0, 0.05) is 42.0 Å².